The summed E-state index contributed by atoms with van der Waals surface area (Å²) in [6.07, 6.45) is 2.06. The van der Waals surface area contributed by atoms with E-state index < -0.39 is 0 Å². The molecule has 0 saturated carbocycles. The molecule has 2 amide bonds. The van der Waals surface area contributed by atoms with E-state index in [0.29, 0.717) is 23.5 Å². The van der Waals surface area contributed by atoms with Gasteiger partial charge in [-0.2, -0.15) is 0 Å². The van der Waals surface area contributed by atoms with Crippen LogP contribution in [0.15, 0.2) is 78.9 Å². The smallest absolute Gasteiger partial charge is 0.258 e. The van der Waals surface area contributed by atoms with Crippen LogP contribution in [0.5, 0.6) is 5.75 Å². The first-order chi connectivity index (χ1) is 15.6. The molecule has 166 valence electrons. The van der Waals surface area contributed by atoms with Gasteiger partial charge < -0.3 is 20.3 Å². The van der Waals surface area contributed by atoms with E-state index >= 15 is 0 Å². The fourth-order valence-electron chi connectivity index (χ4n) is 3.11. The molecule has 0 heterocycles. The van der Waals surface area contributed by atoms with E-state index in [1.54, 1.807) is 30.1 Å². The van der Waals surface area contributed by atoms with Gasteiger partial charge in [0.2, 0.25) is 5.91 Å². The van der Waals surface area contributed by atoms with Crippen LogP contribution < -0.4 is 20.3 Å². The molecular weight excluding hydrogens is 402 g/mol. The second kappa shape index (κ2) is 11.6. The van der Waals surface area contributed by atoms with Crippen molar-refractivity contribution in [1.29, 1.82) is 0 Å². The van der Waals surface area contributed by atoms with Crippen molar-refractivity contribution < 1.29 is 14.3 Å². The number of anilines is 3. The van der Waals surface area contributed by atoms with Crippen LogP contribution in [0, 0.1) is 0 Å². The van der Waals surface area contributed by atoms with Crippen LogP contribution in [0.1, 0.15) is 30.1 Å². The quantitative estimate of drug-likeness (QED) is 0.433. The van der Waals surface area contributed by atoms with Gasteiger partial charge in [-0.3, -0.25) is 9.59 Å². The lowest BCUT2D eigenvalue weighted by Crippen LogP contribution is -2.26. The van der Waals surface area contributed by atoms with Crippen LogP contribution in [0.25, 0.3) is 0 Å². The Hall–Kier alpha value is -3.80. The highest BCUT2D eigenvalue weighted by molar-refractivity contribution is 6.06. The first-order valence-corrected chi connectivity index (χ1v) is 10.8. The molecule has 6 nitrogen and oxygen atoms in total. The van der Waals surface area contributed by atoms with Gasteiger partial charge in [0.1, 0.15) is 5.75 Å². The van der Waals surface area contributed by atoms with Gasteiger partial charge in [0, 0.05) is 35.7 Å². The summed E-state index contributed by atoms with van der Waals surface area (Å²) in [4.78, 5) is 26.8. The van der Waals surface area contributed by atoms with Gasteiger partial charge in [-0.1, -0.05) is 43.7 Å². The Morgan fingerprint density at radius 3 is 2.44 bits per heavy atom. The fourth-order valence-corrected chi connectivity index (χ4v) is 3.11. The van der Waals surface area contributed by atoms with Gasteiger partial charge in [0.25, 0.3) is 5.91 Å². The van der Waals surface area contributed by atoms with Crippen molar-refractivity contribution in [3.63, 3.8) is 0 Å². The summed E-state index contributed by atoms with van der Waals surface area (Å²) in [6, 6.07) is 23.9. The lowest BCUT2D eigenvalue weighted by atomic mass is 10.1. The lowest BCUT2D eigenvalue weighted by Gasteiger charge is -2.18. The summed E-state index contributed by atoms with van der Waals surface area (Å²) >= 11 is 0. The van der Waals surface area contributed by atoms with E-state index in [9.17, 15) is 9.59 Å². The summed E-state index contributed by atoms with van der Waals surface area (Å²) < 4.78 is 5.68. The van der Waals surface area contributed by atoms with Crippen LogP contribution in [-0.2, 0) is 4.79 Å². The molecule has 0 spiro atoms. The van der Waals surface area contributed by atoms with E-state index in [1.165, 1.54) is 0 Å². The average molecular weight is 432 g/mol. The zero-order valence-electron chi connectivity index (χ0n) is 18.5. The van der Waals surface area contributed by atoms with Gasteiger partial charge in [0.05, 0.1) is 13.2 Å². The van der Waals surface area contributed by atoms with E-state index in [-0.39, 0.29) is 18.4 Å². The Balaban J connectivity index is 1.55. The molecule has 0 atom stereocenters. The number of para-hydroxylation sites is 1. The number of unbranched alkanes of at least 4 members (excludes halogenated alkanes) is 1. The molecule has 0 saturated heterocycles. The molecule has 0 radical (unpaired) electrons. The molecule has 0 aliphatic rings. The average Bonchev–Trinajstić information content (AvgIpc) is 2.83. The normalized spacial score (nSPS) is 10.3. The minimum Gasteiger partial charge on any atom is -0.494 e. The zero-order chi connectivity index (χ0) is 22.8. The monoisotopic (exact) mass is 431 g/mol. The van der Waals surface area contributed by atoms with Crippen molar-refractivity contribution in [3.05, 3.63) is 84.4 Å². The first kappa shape index (κ1) is 22.9. The fraction of sp³-hybridized carbons (Fsp3) is 0.231. The number of carbonyl (C=O) groups is 2. The maximum atomic E-state index is 12.8. The molecule has 32 heavy (non-hydrogen) atoms. The van der Waals surface area contributed by atoms with Crippen molar-refractivity contribution in [2.24, 2.45) is 0 Å². The van der Waals surface area contributed by atoms with Crippen molar-refractivity contribution >= 4 is 28.9 Å². The molecule has 3 aromatic rings. The van der Waals surface area contributed by atoms with Gasteiger partial charge >= 0.3 is 0 Å². The molecule has 0 fully saturated rings. The maximum Gasteiger partial charge on any atom is 0.258 e. The third kappa shape index (κ3) is 6.60. The van der Waals surface area contributed by atoms with Crippen LogP contribution in [-0.4, -0.2) is 32.0 Å². The highest BCUT2D eigenvalue weighted by Gasteiger charge is 2.14. The van der Waals surface area contributed by atoms with Crippen LogP contribution in [0.3, 0.4) is 0 Å². The Morgan fingerprint density at radius 1 is 0.906 bits per heavy atom. The number of amides is 2. The van der Waals surface area contributed by atoms with Crippen molar-refractivity contribution in [3.8, 4) is 5.75 Å². The number of carbonyl (C=O) groups excluding carboxylic acids is 2. The van der Waals surface area contributed by atoms with Gasteiger partial charge in [-0.25, -0.2) is 0 Å². The number of hydrogen-bond donors (Lipinski definition) is 2. The van der Waals surface area contributed by atoms with Crippen LogP contribution in [0.4, 0.5) is 17.1 Å². The number of rotatable bonds is 10. The molecule has 0 bridgehead atoms. The predicted molar refractivity (Wildman–Crippen MR) is 130 cm³/mol. The molecule has 3 rings (SSSR count). The topological polar surface area (TPSA) is 70.7 Å². The summed E-state index contributed by atoms with van der Waals surface area (Å²) in [7, 11) is 1.74. The van der Waals surface area contributed by atoms with E-state index in [1.807, 2.05) is 60.7 Å². The molecule has 0 aliphatic carbocycles. The SMILES string of the molecule is CCCCOc1cccc(NC(=O)CNc2cccc(C(=O)N(C)c3ccccc3)c2)c1. The summed E-state index contributed by atoms with van der Waals surface area (Å²) in [5.74, 6) is 0.427. The minimum atomic E-state index is -0.186. The largest absolute Gasteiger partial charge is 0.494 e. The van der Waals surface area contributed by atoms with E-state index in [0.717, 1.165) is 24.3 Å². The highest BCUT2D eigenvalue weighted by atomic mass is 16.5. The molecule has 3 aromatic carbocycles. The molecular formula is C26H29N3O3. The zero-order valence-corrected chi connectivity index (χ0v) is 18.5. The van der Waals surface area contributed by atoms with E-state index in [2.05, 4.69) is 17.6 Å². The van der Waals surface area contributed by atoms with Gasteiger partial charge in [-0.05, 0) is 48.9 Å². The molecule has 0 aliphatic heterocycles. The third-order valence-electron chi connectivity index (χ3n) is 4.90. The first-order valence-electron chi connectivity index (χ1n) is 10.8. The minimum absolute atomic E-state index is 0.0765. The molecule has 0 unspecified atom stereocenters. The maximum absolute atomic E-state index is 12.8. The number of benzene rings is 3. The number of nitrogens with zero attached hydrogens (tertiary/aromatic N) is 1. The predicted octanol–water partition coefficient (Wildman–Crippen LogP) is 5.19. The molecule has 0 aromatic heterocycles. The summed E-state index contributed by atoms with van der Waals surface area (Å²) in [5, 5.41) is 5.94. The van der Waals surface area contributed by atoms with Crippen molar-refractivity contribution in [2.75, 3.05) is 35.7 Å². The Labute approximate surface area is 189 Å². The Morgan fingerprint density at radius 2 is 1.66 bits per heavy atom. The summed E-state index contributed by atoms with van der Waals surface area (Å²) in [6.45, 7) is 2.84. The van der Waals surface area contributed by atoms with Crippen molar-refractivity contribution in [2.45, 2.75) is 19.8 Å². The van der Waals surface area contributed by atoms with Gasteiger partial charge in [-0.15, -0.1) is 0 Å². The third-order valence-corrected chi connectivity index (χ3v) is 4.90. The van der Waals surface area contributed by atoms with Crippen LogP contribution in [0.2, 0.25) is 0 Å². The number of ether oxygens (including phenoxy) is 1. The molecule has 6 heteroatoms. The second-order valence-corrected chi connectivity index (χ2v) is 7.41. The second-order valence-electron chi connectivity index (χ2n) is 7.41. The van der Waals surface area contributed by atoms with Gasteiger partial charge in [0.15, 0.2) is 0 Å². The standard InChI is InChI=1S/C26H29N3O3/c1-3-4-16-32-24-15-9-12-22(18-24)28-25(30)19-27-21-11-8-10-20(17-21)26(31)29(2)23-13-6-5-7-14-23/h5-15,17-18,27H,3-4,16,19H2,1-2H3,(H,28,30). The van der Waals surface area contributed by atoms with Crippen molar-refractivity contribution in [1.82, 2.24) is 0 Å². The van der Waals surface area contributed by atoms with E-state index in [4.69, 9.17) is 4.74 Å². The molecule has 2 N–H and O–H groups in total. The summed E-state index contributed by atoms with van der Waals surface area (Å²) in [5.41, 5.74) is 2.73. The number of nitrogens with one attached hydrogen (secondary N) is 2. The lowest BCUT2D eigenvalue weighted by molar-refractivity contribution is -0.114. The van der Waals surface area contributed by atoms with Crippen LogP contribution >= 0.6 is 0 Å². The highest BCUT2D eigenvalue weighted by Crippen LogP contribution is 2.19. The Kier molecular flexibility index (Phi) is 8.26. The number of hydrogen-bond acceptors (Lipinski definition) is 4. The Bertz CT molecular complexity index is 1040.